The van der Waals surface area contributed by atoms with Crippen LogP contribution in [0.1, 0.15) is 0 Å². The van der Waals surface area contributed by atoms with E-state index >= 15 is 0 Å². The molecule has 8 nitrogen and oxygen atoms in total. The topological polar surface area (TPSA) is 90.8 Å². The van der Waals surface area contributed by atoms with Crippen molar-refractivity contribution in [1.82, 2.24) is 0 Å². The van der Waals surface area contributed by atoms with Crippen LogP contribution in [0, 0.1) is 5.82 Å². The van der Waals surface area contributed by atoms with Crippen LogP contribution in [-0.2, 0) is 4.74 Å². The zero-order chi connectivity index (χ0) is 17.4. The Morgan fingerprint density at radius 1 is 1.36 bits per heavy atom. The number of ether oxygens (including phenoxy) is 2. The fraction of sp³-hybridized carbons (Fsp3) is 0.533. The van der Waals surface area contributed by atoms with Gasteiger partial charge in [-0.2, -0.15) is 11.8 Å². The van der Waals surface area contributed by atoms with Gasteiger partial charge < -0.3 is 14.4 Å². The minimum Gasteiger partial charge on any atom is -0.489 e. The number of hydrogen-bond acceptors (Lipinski definition) is 6. The van der Waals surface area contributed by atoms with E-state index in [0.29, 0.717) is 17.1 Å². The van der Waals surface area contributed by atoms with E-state index in [4.69, 9.17) is 15.0 Å². The van der Waals surface area contributed by atoms with Crippen molar-refractivity contribution < 1.29 is 18.7 Å². The summed E-state index contributed by atoms with van der Waals surface area (Å²) in [7, 11) is 0. The molecule has 0 saturated carbocycles. The molecule has 3 heterocycles. The van der Waals surface area contributed by atoms with Gasteiger partial charge in [0.2, 0.25) is 0 Å². The molecule has 0 aliphatic carbocycles. The SMILES string of the molecule is [N-]=[N+]=NC[C@H]1OC(=O)N2c3cc(F)c(N4CCSCC4)cc3OC[C@H]12. The van der Waals surface area contributed by atoms with Gasteiger partial charge >= 0.3 is 6.09 Å². The summed E-state index contributed by atoms with van der Waals surface area (Å²) in [5.41, 5.74) is 9.31. The highest BCUT2D eigenvalue weighted by Crippen LogP contribution is 2.42. The van der Waals surface area contributed by atoms with E-state index < -0.39 is 18.2 Å². The first-order valence-electron chi connectivity index (χ1n) is 7.99. The summed E-state index contributed by atoms with van der Waals surface area (Å²) in [6, 6.07) is 2.56. The molecule has 3 aliphatic rings. The molecule has 1 amide bonds. The summed E-state index contributed by atoms with van der Waals surface area (Å²) in [5.74, 6) is 1.99. The van der Waals surface area contributed by atoms with Crippen LogP contribution < -0.4 is 14.5 Å². The van der Waals surface area contributed by atoms with Crippen molar-refractivity contribution in [1.29, 1.82) is 0 Å². The maximum Gasteiger partial charge on any atom is 0.415 e. The zero-order valence-electron chi connectivity index (χ0n) is 13.3. The highest BCUT2D eigenvalue weighted by atomic mass is 32.2. The Morgan fingerprint density at radius 3 is 2.92 bits per heavy atom. The number of amides is 1. The summed E-state index contributed by atoms with van der Waals surface area (Å²) >= 11 is 1.85. The standard InChI is InChI=1S/C15H16FN5O3S/c16-9-5-11-13(6-10(9)20-1-3-25-4-2-20)23-8-12-14(7-18-19-17)24-15(22)21(11)12/h5-6,12,14H,1-4,7-8H2/t12-,14-/m1/s1. The number of nitrogens with zero attached hydrogens (tertiary/aromatic N) is 5. The summed E-state index contributed by atoms with van der Waals surface area (Å²) in [6.07, 6.45) is -1.17. The molecule has 0 N–H and O–H groups in total. The molecule has 25 heavy (non-hydrogen) atoms. The molecule has 0 radical (unpaired) electrons. The number of azide groups is 1. The Morgan fingerprint density at radius 2 is 2.16 bits per heavy atom. The molecule has 10 heteroatoms. The van der Waals surface area contributed by atoms with Gasteiger partial charge in [0, 0.05) is 41.6 Å². The lowest BCUT2D eigenvalue weighted by molar-refractivity contribution is 0.126. The summed E-state index contributed by atoms with van der Waals surface area (Å²) < 4.78 is 25.7. The Kier molecular flexibility index (Phi) is 4.22. The van der Waals surface area contributed by atoms with E-state index in [9.17, 15) is 9.18 Å². The number of benzene rings is 1. The highest BCUT2D eigenvalue weighted by molar-refractivity contribution is 7.99. The van der Waals surface area contributed by atoms with Crippen LogP contribution in [0.4, 0.5) is 20.6 Å². The third-order valence-corrected chi connectivity index (χ3v) is 5.53. The van der Waals surface area contributed by atoms with E-state index in [2.05, 4.69) is 10.0 Å². The number of fused-ring (bicyclic) bond motifs is 3. The average molecular weight is 365 g/mol. The first-order chi connectivity index (χ1) is 12.2. The number of cyclic esters (lactones) is 1. The lowest BCUT2D eigenvalue weighted by atomic mass is 10.1. The highest BCUT2D eigenvalue weighted by Gasteiger charge is 2.46. The van der Waals surface area contributed by atoms with Gasteiger partial charge in [0.25, 0.3) is 0 Å². The van der Waals surface area contributed by atoms with Crippen molar-refractivity contribution in [3.63, 3.8) is 0 Å². The third-order valence-electron chi connectivity index (χ3n) is 4.58. The number of thioether (sulfide) groups is 1. The smallest absolute Gasteiger partial charge is 0.415 e. The van der Waals surface area contributed by atoms with Gasteiger partial charge in [-0.15, -0.1) is 0 Å². The normalized spacial score (nSPS) is 24.8. The van der Waals surface area contributed by atoms with Crippen molar-refractivity contribution in [2.45, 2.75) is 12.1 Å². The molecule has 2 saturated heterocycles. The fourth-order valence-electron chi connectivity index (χ4n) is 3.36. The van der Waals surface area contributed by atoms with Crippen molar-refractivity contribution in [2.24, 2.45) is 5.11 Å². The van der Waals surface area contributed by atoms with E-state index in [-0.39, 0.29) is 19.0 Å². The lowest BCUT2D eigenvalue weighted by Crippen LogP contribution is -2.45. The van der Waals surface area contributed by atoms with Gasteiger partial charge in [-0.05, 0) is 5.53 Å². The fourth-order valence-corrected chi connectivity index (χ4v) is 4.26. The Bertz CT molecular complexity index is 751. The van der Waals surface area contributed by atoms with E-state index in [1.165, 1.54) is 11.0 Å². The van der Waals surface area contributed by atoms with Gasteiger partial charge in [-0.3, -0.25) is 4.90 Å². The van der Waals surface area contributed by atoms with Gasteiger partial charge in [0.1, 0.15) is 30.3 Å². The molecule has 2 atom stereocenters. The number of carbonyl (C=O) groups excluding carboxylic acids is 1. The van der Waals surface area contributed by atoms with Gasteiger partial charge in [0.15, 0.2) is 0 Å². The van der Waals surface area contributed by atoms with Crippen LogP contribution in [0.5, 0.6) is 5.75 Å². The van der Waals surface area contributed by atoms with Gasteiger partial charge in [0.05, 0.1) is 17.9 Å². The first kappa shape index (κ1) is 16.2. The maximum atomic E-state index is 14.7. The van der Waals surface area contributed by atoms with Crippen LogP contribution in [0.2, 0.25) is 0 Å². The van der Waals surface area contributed by atoms with Gasteiger partial charge in [-0.1, -0.05) is 5.11 Å². The first-order valence-corrected chi connectivity index (χ1v) is 9.14. The van der Waals surface area contributed by atoms with E-state index in [0.717, 1.165) is 24.6 Å². The van der Waals surface area contributed by atoms with Crippen LogP contribution in [0.25, 0.3) is 10.4 Å². The zero-order valence-corrected chi connectivity index (χ0v) is 14.1. The largest absolute Gasteiger partial charge is 0.489 e. The van der Waals surface area contributed by atoms with Crippen molar-refractivity contribution in [2.75, 3.05) is 47.5 Å². The molecule has 0 spiro atoms. The quantitative estimate of drug-likeness (QED) is 0.467. The molecule has 3 aliphatic heterocycles. The van der Waals surface area contributed by atoms with Crippen LogP contribution in [0.3, 0.4) is 0 Å². The van der Waals surface area contributed by atoms with Crippen molar-refractivity contribution >= 4 is 29.2 Å². The second kappa shape index (κ2) is 6.53. The molecule has 132 valence electrons. The monoisotopic (exact) mass is 365 g/mol. The number of anilines is 2. The second-order valence-corrected chi connectivity index (χ2v) is 7.18. The molecule has 0 aromatic heterocycles. The predicted molar refractivity (Wildman–Crippen MR) is 92.0 cm³/mol. The number of halogens is 1. The molecular formula is C15H16FN5O3S. The van der Waals surface area contributed by atoms with Crippen LogP contribution >= 0.6 is 11.8 Å². The number of hydrogen-bond donors (Lipinski definition) is 0. The summed E-state index contributed by atoms with van der Waals surface area (Å²) in [6.45, 7) is 1.80. The molecule has 1 aromatic carbocycles. The van der Waals surface area contributed by atoms with Gasteiger partial charge in [-0.25, -0.2) is 9.18 Å². The van der Waals surface area contributed by atoms with E-state index in [1.54, 1.807) is 6.07 Å². The maximum absolute atomic E-state index is 14.7. The third kappa shape index (κ3) is 2.81. The van der Waals surface area contributed by atoms with Crippen LogP contribution in [-0.4, -0.2) is 56.0 Å². The van der Waals surface area contributed by atoms with E-state index in [1.807, 2.05) is 16.7 Å². The average Bonchev–Trinajstić information content (AvgIpc) is 2.96. The number of carbonyl (C=O) groups is 1. The summed E-state index contributed by atoms with van der Waals surface area (Å²) in [5, 5.41) is 3.47. The van der Waals surface area contributed by atoms with Crippen molar-refractivity contribution in [3.05, 3.63) is 28.4 Å². The predicted octanol–water partition coefficient (Wildman–Crippen LogP) is 2.78. The Hall–Kier alpha value is -2.32. The molecule has 0 bridgehead atoms. The van der Waals surface area contributed by atoms with Crippen molar-refractivity contribution in [3.8, 4) is 5.75 Å². The Labute approximate surface area is 147 Å². The second-order valence-electron chi connectivity index (χ2n) is 5.95. The molecule has 4 rings (SSSR count). The number of rotatable bonds is 3. The lowest BCUT2D eigenvalue weighted by Gasteiger charge is -2.33. The minimum atomic E-state index is -0.599. The minimum absolute atomic E-state index is 0.0219. The molecule has 0 unspecified atom stereocenters. The molecular weight excluding hydrogens is 349 g/mol. The van der Waals surface area contributed by atoms with Crippen LogP contribution in [0.15, 0.2) is 17.2 Å². The molecule has 2 fully saturated rings. The Balaban J connectivity index is 1.65. The molecule has 1 aromatic rings. The summed E-state index contributed by atoms with van der Waals surface area (Å²) in [4.78, 5) is 18.3.